The molecule has 1 aromatic heterocycles. The molecule has 5 aromatic carbocycles. The van der Waals surface area contributed by atoms with Crippen LogP contribution in [0, 0.1) is 13.8 Å². The highest BCUT2D eigenvalue weighted by Crippen LogP contribution is 2.41. The highest BCUT2D eigenvalue weighted by molar-refractivity contribution is 7.87. The average Bonchev–Trinajstić information content (AvgIpc) is 3.34. The van der Waals surface area contributed by atoms with Gasteiger partial charge in [0, 0.05) is 23.4 Å². The summed E-state index contributed by atoms with van der Waals surface area (Å²) in [5.41, 5.74) is 7.80. The predicted molar refractivity (Wildman–Crippen MR) is 169 cm³/mol. The zero-order chi connectivity index (χ0) is 31.0. The largest absolute Gasteiger partial charge is 0.507 e. The minimum atomic E-state index is -4.31. The van der Waals surface area contributed by atoms with E-state index in [0.29, 0.717) is 6.42 Å². The van der Waals surface area contributed by atoms with Crippen molar-refractivity contribution in [2.45, 2.75) is 25.2 Å². The summed E-state index contributed by atoms with van der Waals surface area (Å²) in [7, 11) is -4.31. The van der Waals surface area contributed by atoms with E-state index < -0.39 is 27.4 Å². The van der Waals surface area contributed by atoms with Gasteiger partial charge >= 0.3 is 16.1 Å². The maximum absolute atomic E-state index is 12.8. The first-order valence-corrected chi connectivity index (χ1v) is 15.3. The summed E-state index contributed by atoms with van der Waals surface area (Å²) in [4.78, 5) is 10.8. The van der Waals surface area contributed by atoms with Crippen molar-refractivity contribution in [2.75, 3.05) is 0 Å². The van der Waals surface area contributed by atoms with E-state index in [0.717, 1.165) is 73.9 Å². The van der Waals surface area contributed by atoms with Crippen LogP contribution in [0.2, 0.25) is 0 Å². The van der Waals surface area contributed by atoms with Gasteiger partial charge in [0.25, 0.3) is 0 Å². The minimum Gasteiger partial charge on any atom is -0.507 e. The fourth-order valence-corrected chi connectivity index (χ4v) is 6.48. The van der Waals surface area contributed by atoms with Crippen LogP contribution in [0.5, 0.6) is 11.5 Å². The summed E-state index contributed by atoms with van der Waals surface area (Å²) in [6.45, 7) is 4.16. The molecule has 220 valence electrons. The highest BCUT2D eigenvalue weighted by atomic mass is 32.2. The molecule has 0 amide bonds. The number of phenols is 1. The van der Waals surface area contributed by atoms with Crippen molar-refractivity contribution in [1.82, 2.24) is 0 Å². The molecule has 8 heteroatoms. The van der Waals surface area contributed by atoms with Crippen LogP contribution < -0.4 is 4.18 Å². The number of aromatic carboxylic acids is 1. The Hall–Kier alpha value is -5.34. The number of furan rings is 1. The van der Waals surface area contributed by atoms with Gasteiger partial charge in [-0.25, -0.2) is 4.79 Å². The standard InChI is InChI=1S/C36H28O7S/c1-22-18-26(25-12-14-27(15-13-25)43-44(40,41)28-16-17-29(36(38)39)31(37)21-28)19-23(2)34(22)35-30-10-6-7-11-32(30)42-33(35)20-24-8-4-3-5-9-24/h3-19,21,37H,20H2,1-2H3,(H,38,39). The van der Waals surface area contributed by atoms with Crippen molar-refractivity contribution >= 4 is 27.1 Å². The molecule has 0 aliphatic heterocycles. The van der Waals surface area contributed by atoms with Gasteiger partial charge in [-0.15, -0.1) is 0 Å². The van der Waals surface area contributed by atoms with Gasteiger partial charge in [0.05, 0.1) is 0 Å². The molecule has 0 radical (unpaired) electrons. The number of rotatable bonds is 8. The number of carboxylic acid groups (broad SMARTS) is 1. The first kappa shape index (κ1) is 28.8. The smallest absolute Gasteiger partial charge is 0.339 e. The number of fused-ring (bicyclic) bond motifs is 1. The fourth-order valence-electron chi connectivity index (χ4n) is 5.53. The first-order chi connectivity index (χ1) is 21.1. The zero-order valence-electron chi connectivity index (χ0n) is 23.9. The molecule has 6 rings (SSSR count). The number of carboxylic acids is 1. The van der Waals surface area contributed by atoms with Gasteiger partial charge in [-0.1, -0.05) is 72.8 Å². The Bertz CT molecular complexity index is 2100. The van der Waals surface area contributed by atoms with E-state index in [4.69, 9.17) is 13.7 Å². The van der Waals surface area contributed by atoms with Gasteiger partial charge in [0.2, 0.25) is 0 Å². The van der Waals surface area contributed by atoms with Gasteiger partial charge in [-0.2, -0.15) is 8.42 Å². The molecule has 7 nitrogen and oxygen atoms in total. The quantitative estimate of drug-likeness (QED) is 0.169. The Labute approximate surface area is 254 Å². The molecule has 0 fully saturated rings. The van der Waals surface area contributed by atoms with Crippen LogP contribution in [0.25, 0.3) is 33.2 Å². The summed E-state index contributed by atoms with van der Waals surface area (Å²) >= 11 is 0. The van der Waals surface area contributed by atoms with Gasteiger partial charge in [0.15, 0.2) is 0 Å². The van der Waals surface area contributed by atoms with E-state index in [1.54, 1.807) is 24.3 Å². The van der Waals surface area contributed by atoms with Gasteiger partial charge in [-0.05, 0) is 77.6 Å². The van der Waals surface area contributed by atoms with Crippen molar-refractivity contribution in [3.63, 3.8) is 0 Å². The predicted octanol–water partition coefficient (Wildman–Crippen LogP) is 8.15. The van der Waals surface area contributed by atoms with Crippen molar-refractivity contribution in [3.8, 4) is 33.8 Å². The molecular weight excluding hydrogens is 576 g/mol. The van der Waals surface area contributed by atoms with Crippen LogP contribution in [-0.4, -0.2) is 24.6 Å². The number of para-hydroxylation sites is 1. The van der Waals surface area contributed by atoms with E-state index in [9.17, 15) is 18.3 Å². The van der Waals surface area contributed by atoms with Crippen LogP contribution in [0.4, 0.5) is 0 Å². The van der Waals surface area contributed by atoms with Crippen molar-refractivity contribution in [3.05, 3.63) is 137 Å². The highest BCUT2D eigenvalue weighted by Gasteiger charge is 2.22. The lowest BCUT2D eigenvalue weighted by molar-refractivity contribution is 0.0693. The summed E-state index contributed by atoms with van der Waals surface area (Å²) in [5, 5.41) is 20.0. The van der Waals surface area contributed by atoms with Crippen LogP contribution >= 0.6 is 0 Å². The maximum atomic E-state index is 12.8. The first-order valence-electron chi connectivity index (χ1n) is 13.9. The summed E-state index contributed by atoms with van der Waals surface area (Å²) in [6.07, 6.45) is 0.666. The third-order valence-electron chi connectivity index (χ3n) is 7.54. The third-order valence-corrected chi connectivity index (χ3v) is 8.78. The molecular formula is C36H28O7S. The van der Waals surface area contributed by atoms with Crippen LogP contribution in [0.1, 0.15) is 32.8 Å². The molecule has 0 aliphatic carbocycles. The van der Waals surface area contributed by atoms with Crippen molar-refractivity contribution < 1.29 is 32.0 Å². The summed E-state index contributed by atoms with van der Waals surface area (Å²) < 4.78 is 37.2. The second-order valence-corrected chi connectivity index (χ2v) is 12.1. The second kappa shape index (κ2) is 11.4. The van der Waals surface area contributed by atoms with Gasteiger partial charge in [-0.3, -0.25) is 0 Å². The van der Waals surface area contributed by atoms with E-state index in [2.05, 4.69) is 44.2 Å². The topological polar surface area (TPSA) is 114 Å². The van der Waals surface area contributed by atoms with E-state index in [-0.39, 0.29) is 10.6 Å². The molecule has 0 saturated carbocycles. The lowest BCUT2D eigenvalue weighted by Crippen LogP contribution is -2.10. The number of hydrogen-bond donors (Lipinski definition) is 2. The number of aryl methyl sites for hydroxylation is 2. The average molecular weight is 605 g/mol. The summed E-state index contributed by atoms with van der Waals surface area (Å²) in [5.74, 6) is -1.05. The van der Waals surface area contributed by atoms with E-state index in [1.165, 1.54) is 0 Å². The Morgan fingerprint density at radius 1 is 0.773 bits per heavy atom. The van der Waals surface area contributed by atoms with Crippen LogP contribution in [0.15, 0.2) is 119 Å². The molecule has 6 aromatic rings. The van der Waals surface area contributed by atoms with Gasteiger partial charge in [0.1, 0.15) is 33.3 Å². The van der Waals surface area contributed by atoms with Crippen LogP contribution in [0.3, 0.4) is 0 Å². The summed E-state index contributed by atoms with van der Waals surface area (Å²) in [6, 6.07) is 32.1. The Balaban J connectivity index is 1.30. The lowest BCUT2D eigenvalue weighted by atomic mass is 9.89. The molecule has 0 unspecified atom stereocenters. The Morgan fingerprint density at radius 3 is 2.09 bits per heavy atom. The normalized spacial score (nSPS) is 11.5. The molecule has 1 heterocycles. The number of aromatic hydroxyl groups is 1. The molecule has 0 aliphatic rings. The van der Waals surface area contributed by atoms with Crippen LogP contribution in [-0.2, 0) is 16.5 Å². The molecule has 0 saturated heterocycles. The molecule has 2 N–H and O–H groups in total. The molecule has 44 heavy (non-hydrogen) atoms. The van der Waals surface area contributed by atoms with Gasteiger partial charge < -0.3 is 18.8 Å². The minimum absolute atomic E-state index is 0.0797. The number of carbonyl (C=O) groups is 1. The van der Waals surface area contributed by atoms with E-state index in [1.807, 2.05) is 36.4 Å². The zero-order valence-corrected chi connectivity index (χ0v) is 24.8. The lowest BCUT2D eigenvalue weighted by Gasteiger charge is -2.15. The van der Waals surface area contributed by atoms with Crippen molar-refractivity contribution in [2.24, 2.45) is 0 Å². The second-order valence-electron chi connectivity index (χ2n) is 10.6. The maximum Gasteiger partial charge on any atom is 0.339 e. The third kappa shape index (κ3) is 5.55. The SMILES string of the molecule is Cc1cc(-c2ccc(OS(=O)(=O)c3ccc(C(=O)O)c(O)c3)cc2)cc(C)c1-c1c(Cc2ccccc2)oc2ccccc12. The Morgan fingerprint density at radius 2 is 1.43 bits per heavy atom. The fraction of sp³-hybridized carbons (Fsp3) is 0.0833. The number of benzene rings is 5. The number of hydrogen-bond acceptors (Lipinski definition) is 6. The monoisotopic (exact) mass is 604 g/mol. The molecule has 0 spiro atoms. The Kier molecular flexibility index (Phi) is 7.45. The van der Waals surface area contributed by atoms with Crippen molar-refractivity contribution in [1.29, 1.82) is 0 Å². The molecule has 0 bridgehead atoms. The van der Waals surface area contributed by atoms with E-state index >= 15 is 0 Å². The molecule has 0 atom stereocenters.